The molecule has 2 aromatic rings. The van der Waals surface area contributed by atoms with Crippen molar-refractivity contribution in [2.75, 3.05) is 5.32 Å². The Kier molecular flexibility index (Phi) is 4.11. The van der Waals surface area contributed by atoms with E-state index < -0.39 is 29.4 Å². The summed E-state index contributed by atoms with van der Waals surface area (Å²) in [6, 6.07) is 4.03. The minimum absolute atomic E-state index is 0.0407. The number of nitrogens with one attached hydrogen (secondary N) is 1. The highest BCUT2D eigenvalue weighted by molar-refractivity contribution is 5.41. The highest BCUT2D eigenvalue weighted by Crippen LogP contribution is 2.30. The minimum Gasteiger partial charge on any atom is -0.363 e. The fourth-order valence-electron chi connectivity index (χ4n) is 1.84. The number of aromatic nitrogens is 1. The molecule has 1 atom stereocenters. The van der Waals surface area contributed by atoms with Crippen LogP contribution in [-0.2, 0) is 6.18 Å². The smallest absolute Gasteiger partial charge is 0.363 e. The molecule has 0 saturated carbocycles. The van der Waals surface area contributed by atoms with Gasteiger partial charge in [-0.2, -0.15) is 13.2 Å². The summed E-state index contributed by atoms with van der Waals surface area (Å²) in [5.41, 5.74) is -0.720. The van der Waals surface area contributed by atoms with Crippen LogP contribution in [0.25, 0.3) is 0 Å². The Balaban J connectivity index is 2.21. The van der Waals surface area contributed by atoms with Crippen molar-refractivity contribution in [3.63, 3.8) is 0 Å². The summed E-state index contributed by atoms with van der Waals surface area (Å²) in [5, 5.41) is 2.66. The molecule has 0 saturated heterocycles. The average molecular weight is 302 g/mol. The maximum absolute atomic E-state index is 13.6. The standard InChI is InChI=1S/C14H11F5N2/c1-8(11-3-2-10(15)7-12(11)16)21-13-6-9(4-5-20-13)14(17,18)19/h2-8H,1H3,(H,20,21). The second-order valence-corrected chi connectivity index (χ2v) is 4.46. The summed E-state index contributed by atoms with van der Waals surface area (Å²) in [4.78, 5) is 3.76. The molecule has 1 N–H and O–H groups in total. The molecule has 21 heavy (non-hydrogen) atoms. The van der Waals surface area contributed by atoms with Gasteiger partial charge in [-0.25, -0.2) is 13.8 Å². The van der Waals surface area contributed by atoms with Crippen LogP contribution in [0.2, 0.25) is 0 Å². The van der Waals surface area contributed by atoms with Crippen molar-refractivity contribution < 1.29 is 22.0 Å². The van der Waals surface area contributed by atoms with E-state index in [2.05, 4.69) is 10.3 Å². The van der Waals surface area contributed by atoms with Crippen molar-refractivity contribution in [1.29, 1.82) is 0 Å². The summed E-state index contributed by atoms with van der Waals surface area (Å²) < 4.78 is 64.2. The molecule has 2 nitrogen and oxygen atoms in total. The van der Waals surface area contributed by atoms with Gasteiger partial charge in [-0.3, -0.25) is 0 Å². The van der Waals surface area contributed by atoms with Gasteiger partial charge in [-0.05, 0) is 25.1 Å². The zero-order valence-electron chi connectivity index (χ0n) is 10.9. The molecule has 0 fully saturated rings. The van der Waals surface area contributed by atoms with Gasteiger partial charge < -0.3 is 5.32 Å². The Morgan fingerprint density at radius 3 is 2.43 bits per heavy atom. The number of pyridine rings is 1. The predicted octanol–water partition coefficient (Wildman–Crippen LogP) is 4.55. The Morgan fingerprint density at radius 2 is 1.81 bits per heavy atom. The molecule has 112 valence electrons. The molecular weight excluding hydrogens is 291 g/mol. The monoisotopic (exact) mass is 302 g/mol. The molecule has 0 radical (unpaired) electrons. The summed E-state index contributed by atoms with van der Waals surface area (Å²) >= 11 is 0. The first-order chi connectivity index (χ1) is 9.77. The van der Waals surface area contributed by atoms with E-state index in [1.807, 2.05) is 0 Å². The van der Waals surface area contributed by atoms with Gasteiger partial charge in [0.25, 0.3) is 0 Å². The minimum atomic E-state index is -4.48. The molecule has 0 bridgehead atoms. The zero-order chi connectivity index (χ0) is 15.6. The van der Waals surface area contributed by atoms with Gasteiger partial charge in [0.05, 0.1) is 11.6 Å². The van der Waals surface area contributed by atoms with Gasteiger partial charge in [-0.1, -0.05) is 6.07 Å². The Labute approximate surface area is 117 Å². The lowest BCUT2D eigenvalue weighted by molar-refractivity contribution is -0.137. The van der Waals surface area contributed by atoms with Crippen LogP contribution >= 0.6 is 0 Å². The SMILES string of the molecule is CC(Nc1cc(C(F)(F)F)ccn1)c1ccc(F)cc1F. The second-order valence-electron chi connectivity index (χ2n) is 4.46. The van der Waals surface area contributed by atoms with Crippen LogP contribution in [0.15, 0.2) is 36.5 Å². The van der Waals surface area contributed by atoms with Crippen molar-refractivity contribution >= 4 is 5.82 Å². The Bertz CT molecular complexity index is 640. The summed E-state index contributed by atoms with van der Waals surface area (Å²) in [5.74, 6) is -1.54. The third-order valence-corrected chi connectivity index (χ3v) is 2.88. The first kappa shape index (κ1) is 15.2. The molecule has 1 aromatic heterocycles. The third kappa shape index (κ3) is 3.68. The topological polar surface area (TPSA) is 24.9 Å². The number of anilines is 1. The number of rotatable bonds is 3. The van der Waals surface area contributed by atoms with Gasteiger partial charge in [0.15, 0.2) is 0 Å². The predicted molar refractivity (Wildman–Crippen MR) is 67.6 cm³/mol. The molecule has 0 spiro atoms. The summed E-state index contributed by atoms with van der Waals surface area (Å²) in [6.45, 7) is 1.54. The van der Waals surface area contributed by atoms with E-state index in [1.165, 1.54) is 13.0 Å². The fraction of sp³-hybridized carbons (Fsp3) is 0.214. The molecular formula is C14H11F5N2. The lowest BCUT2D eigenvalue weighted by Crippen LogP contribution is -2.12. The summed E-state index contributed by atoms with van der Waals surface area (Å²) in [6.07, 6.45) is -3.47. The quantitative estimate of drug-likeness (QED) is 0.841. The Hall–Kier alpha value is -2.18. The van der Waals surface area contributed by atoms with Gasteiger partial charge in [0, 0.05) is 17.8 Å². The lowest BCUT2D eigenvalue weighted by Gasteiger charge is -2.16. The number of nitrogens with zero attached hydrogens (tertiary/aromatic N) is 1. The van der Waals surface area contributed by atoms with Crippen LogP contribution in [0.3, 0.4) is 0 Å². The molecule has 0 aliphatic rings. The molecule has 0 amide bonds. The van der Waals surface area contributed by atoms with Crippen molar-refractivity contribution in [2.24, 2.45) is 0 Å². The van der Waals surface area contributed by atoms with E-state index in [9.17, 15) is 22.0 Å². The van der Waals surface area contributed by atoms with E-state index >= 15 is 0 Å². The van der Waals surface area contributed by atoms with Crippen molar-refractivity contribution in [2.45, 2.75) is 19.1 Å². The fourth-order valence-corrected chi connectivity index (χ4v) is 1.84. The maximum atomic E-state index is 13.6. The largest absolute Gasteiger partial charge is 0.416 e. The molecule has 1 heterocycles. The average Bonchev–Trinajstić information content (AvgIpc) is 2.37. The molecule has 1 aromatic carbocycles. The second kappa shape index (κ2) is 5.67. The molecule has 2 rings (SSSR count). The van der Waals surface area contributed by atoms with Crippen LogP contribution < -0.4 is 5.32 Å². The van der Waals surface area contributed by atoms with Crippen LogP contribution in [-0.4, -0.2) is 4.98 Å². The molecule has 0 aliphatic heterocycles. The first-order valence-corrected chi connectivity index (χ1v) is 6.02. The van der Waals surface area contributed by atoms with Crippen LogP contribution in [0, 0.1) is 11.6 Å². The third-order valence-electron chi connectivity index (χ3n) is 2.88. The number of hydrogen-bond acceptors (Lipinski definition) is 2. The van der Waals surface area contributed by atoms with Crippen LogP contribution in [0.4, 0.5) is 27.8 Å². The number of hydrogen-bond donors (Lipinski definition) is 1. The Morgan fingerprint density at radius 1 is 1.10 bits per heavy atom. The van der Waals surface area contributed by atoms with E-state index in [1.54, 1.807) is 0 Å². The molecule has 0 aliphatic carbocycles. The van der Waals surface area contributed by atoms with E-state index in [0.29, 0.717) is 6.07 Å². The van der Waals surface area contributed by atoms with Crippen molar-refractivity contribution in [3.05, 3.63) is 59.3 Å². The van der Waals surface area contributed by atoms with Crippen molar-refractivity contribution in [1.82, 2.24) is 4.98 Å². The summed E-state index contributed by atoms with van der Waals surface area (Å²) in [7, 11) is 0. The van der Waals surface area contributed by atoms with Crippen molar-refractivity contribution in [3.8, 4) is 0 Å². The number of benzene rings is 1. The number of alkyl halides is 3. The van der Waals surface area contributed by atoms with E-state index in [-0.39, 0.29) is 11.4 Å². The zero-order valence-corrected chi connectivity index (χ0v) is 10.9. The van der Waals surface area contributed by atoms with Gasteiger partial charge in [0.1, 0.15) is 17.5 Å². The highest BCUT2D eigenvalue weighted by Gasteiger charge is 2.30. The normalized spacial score (nSPS) is 13.0. The van der Waals surface area contributed by atoms with E-state index in [0.717, 1.165) is 24.4 Å². The van der Waals surface area contributed by atoms with Gasteiger partial charge in [-0.15, -0.1) is 0 Å². The molecule has 7 heteroatoms. The van der Waals surface area contributed by atoms with Crippen LogP contribution in [0.1, 0.15) is 24.1 Å². The van der Waals surface area contributed by atoms with Crippen LogP contribution in [0.5, 0.6) is 0 Å². The van der Waals surface area contributed by atoms with E-state index in [4.69, 9.17) is 0 Å². The van der Waals surface area contributed by atoms with Gasteiger partial charge in [0.2, 0.25) is 0 Å². The lowest BCUT2D eigenvalue weighted by atomic mass is 10.1. The highest BCUT2D eigenvalue weighted by atomic mass is 19.4. The van der Waals surface area contributed by atoms with Gasteiger partial charge >= 0.3 is 6.18 Å². The number of halogens is 5. The molecule has 1 unspecified atom stereocenters. The first-order valence-electron chi connectivity index (χ1n) is 6.02. The maximum Gasteiger partial charge on any atom is 0.416 e.